The molecule has 1 aliphatic rings. The number of aromatic amines is 1. The van der Waals surface area contributed by atoms with E-state index in [0.717, 1.165) is 26.6 Å². The SMILES string of the molecule is Cc1[nH]nc(C(C)C)c1Cc1sc2c(c1C(=O)N1C[C@H](O)CO1)c(=O)n(C)c(=O)n2CC(C)C. The van der Waals surface area contributed by atoms with Gasteiger partial charge in [0, 0.05) is 36.1 Å². The lowest BCUT2D eigenvalue weighted by Crippen LogP contribution is -2.39. The summed E-state index contributed by atoms with van der Waals surface area (Å²) in [6, 6.07) is 0. The molecule has 0 radical (unpaired) electrons. The van der Waals surface area contributed by atoms with E-state index < -0.39 is 23.3 Å². The fourth-order valence-electron chi connectivity index (χ4n) is 4.32. The molecule has 0 aliphatic carbocycles. The van der Waals surface area contributed by atoms with Crippen LogP contribution in [-0.4, -0.2) is 54.7 Å². The number of β-amino-alcohol motifs (C(OH)–C–C–N with tert-alkyl or cyclic N) is 1. The standard InChI is InChI=1S/C23H31N5O5S/c1-11(2)8-27-22-18(20(30)26(6)23(27)32)17(21(31)28-9-14(29)10-33-28)16(34-22)7-15-13(5)24-25-19(15)12(3)4/h11-12,14,29H,7-10H2,1-6H3,(H,24,25)/t14-/m0/s1. The van der Waals surface area contributed by atoms with E-state index in [1.165, 1.54) is 18.4 Å². The fourth-order valence-corrected chi connectivity index (χ4v) is 5.62. The lowest BCUT2D eigenvalue weighted by molar-refractivity contribution is -0.0778. The Balaban J connectivity index is 2.00. The van der Waals surface area contributed by atoms with Gasteiger partial charge in [0.25, 0.3) is 11.5 Å². The van der Waals surface area contributed by atoms with Crippen LogP contribution in [0.1, 0.15) is 65.8 Å². The number of amides is 1. The Morgan fingerprint density at radius 1 is 1.29 bits per heavy atom. The molecule has 0 unspecified atom stereocenters. The monoisotopic (exact) mass is 489 g/mol. The number of fused-ring (bicyclic) bond motifs is 1. The van der Waals surface area contributed by atoms with Crippen molar-refractivity contribution in [3.63, 3.8) is 0 Å². The predicted molar refractivity (Wildman–Crippen MR) is 129 cm³/mol. The molecule has 34 heavy (non-hydrogen) atoms. The lowest BCUT2D eigenvalue weighted by Gasteiger charge is -2.15. The zero-order chi connectivity index (χ0) is 24.9. The molecule has 3 aromatic rings. The Hall–Kier alpha value is -2.76. The second-order valence-corrected chi connectivity index (χ2v) is 10.7. The molecule has 1 fully saturated rings. The van der Waals surface area contributed by atoms with Crippen LogP contribution in [0.3, 0.4) is 0 Å². The van der Waals surface area contributed by atoms with Crippen molar-refractivity contribution in [1.82, 2.24) is 24.4 Å². The Kier molecular flexibility index (Phi) is 6.54. The van der Waals surface area contributed by atoms with Crippen molar-refractivity contribution in [3.05, 3.63) is 48.2 Å². The van der Waals surface area contributed by atoms with Gasteiger partial charge in [0.2, 0.25) is 0 Å². The molecule has 4 heterocycles. The van der Waals surface area contributed by atoms with Gasteiger partial charge in [-0.2, -0.15) is 5.10 Å². The molecular formula is C23H31N5O5S. The van der Waals surface area contributed by atoms with Gasteiger partial charge < -0.3 is 5.11 Å². The molecule has 1 aliphatic heterocycles. The summed E-state index contributed by atoms with van der Waals surface area (Å²) in [7, 11) is 1.43. The highest BCUT2D eigenvalue weighted by atomic mass is 32.1. The van der Waals surface area contributed by atoms with E-state index in [0.29, 0.717) is 22.7 Å². The maximum Gasteiger partial charge on any atom is 0.331 e. The number of aromatic nitrogens is 4. The minimum atomic E-state index is -0.789. The minimum absolute atomic E-state index is 0.0115. The summed E-state index contributed by atoms with van der Waals surface area (Å²) in [4.78, 5) is 46.5. The van der Waals surface area contributed by atoms with Gasteiger partial charge in [0.1, 0.15) is 17.5 Å². The van der Waals surface area contributed by atoms with Crippen LogP contribution in [0.5, 0.6) is 0 Å². The van der Waals surface area contributed by atoms with Crippen LogP contribution in [0.2, 0.25) is 0 Å². The van der Waals surface area contributed by atoms with Crippen molar-refractivity contribution in [2.45, 2.75) is 59.6 Å². The van der Waals surface area contributed by atoms with Gasteiger partial charge >= 0.3 is 5.69 Å². The Morgan fingerprint density at radius 3 is 2.59 bits per heavy atom. The third kappa shape index (κ3) is 4.12. The summed E-state index contributed by atoms with van der Waals surface area (Å²) in [5.41, 5.74) is 2.05. The first-order valence-electron chi connectivity index (χ1n) is 11.4. The lowest BCUT2D eigenvalue weighted by atomic mass is 9.99. The topological polar surface area (TPSA) is 122 Å². The summed E-state index contributed by atoms with van der Waals surface area (Å²) in [5, 5.41) is 18.7. The van der Waals surface area contributed by atoms with Gasteiger partial charge in [-0.15, -0.1) is 11.3 Å². The van der Waals surface area contributed by atoms with Gasteiger partial charge in [-0.3, -0.25) is 28.7 Å². The molecule has 1 atom stereocenters. The zero-order valence-electron chi connectivity index (χ0n) is 20.3. The average Bonchev–Trinajstić information content (AvgIpc) is 3.47. The van der Waals surface area contributed by atoms with E-state index in [1.54, 1.807) is 4.57 Å². The van der Waals surface area contributed by atoms with Gasteiger partial charge in [0.05, 0.1) is 23.2 Å². The van der Waals surface area contributed by atoms with Crippen LogP contribution in [0.4, 0.5) is 0 Å². The smallest absolute Gasteiger partial charge is 0.331 e. The first-order valence-corrected chi connectivity index (χ1v) is 12.2. The van der Waals surface area contributed by atoms with Crippen LogP contribution in [0, 0.1) is 12.8 Å². The maximum absolute atomic E-state index is 13.6. The Bertz CT molecular complexity index is 1360. The number of hydrogen-bond acceptors (Lipinski definition) is 7. The van der Waals surface area contributed by atoms with Gasteiger partial charge in [-0.05, 0) is 18.8 Å². The first kappa shape index (κ1) is 24.4. The van der Waals surface area contributed by atoms with Crippen LogP contribution < -0.4 is 11.2 Å². The number of hydrogen-bond donors (Lipinski definition) is 2. The minimum Gasteiger partial charge on any atom is -0.389 e. The molecular weight excluding hydrogens is 458 g/mol. The van der Waals surface area contributed by atoms with Crippen LogP contribution >= 0.6 is 11.3 Å². The highest BCUT2D eigenvalue weighted by Crippen LogP contribution is 2.34. The number of nitrogens with one attached hydrogen (secondary N) is 1. The van der Waals surface area contributed by atoms with Crippen molar-refractivity contribution in [1.29, 1.82) is 0 Å². The number of carbonyl (C=O) groups excluding carboxylic acids is 1. The molecule has 10 nitrogen and oxygen atoms in total. The molecule has 3 aromatic heterocycles. The zero-order valence-corrected chi connectivity index (χ0v) is 21.2. The molecule has 1 amide bonds. The van der Waals surface area contributed by atoms with Crippen molar-refractivity contribution < 1.29 is 14.7 Å². The Labute approximate surface area is 200 Å². The number of aliphatic hydroxyl groups is 1. The third-order valence-electron chi connectivity index (χ3n) is 6.02. The number of rotatable bonds is 6. The quantitative estimate of drug-likeness (QED) is 0.545. The molecule has 1 saturated heterocycles. The summed E-state index contributed by atoms with van der Waals surface area (Å²) in [5.74, 6) is -0.168. The van der Waals surface area contributed by atoms with Gasteiger partial charge in [0.15, 0.2) is 0 Å². The molecule has 0 saturated carbocycles. The number of H-pyrrole nitrogens is 1. The first-order chi connectivity index (χ1) is 16.0. The van der Waals surface area contributed by atoms with Crippen molar-refractivity contribution in [2.75, 3.05) is 13.2 Å². The number of nitrogens with zero attached hydrogens (tertiary/aromatic N) is 4. The van der Waals surface area contributed by atoms with E-state index in [-0.39, 0.29) is 35.9 Å². The summed E-state index contributed by atoms with van der Waals surface area (Å²) in [6.45, 7) is 10.5. The molecule has 4 rings (SSSR count). The van der Waals surface area contributed by atoms with Crippen LogP contribution in [0.25, 0.3) is 10.2 Å². The summed E-state index contributed by atoms with van der Waals surface area (Å²) in [6.07, 6.45) is -0.408. The number of aryl methyl sites for hydroxylation is 1. The van der Waals surface area contributed by atoms with E-state index >= 15 is 0 Å². The molecule has 0 aromatic carbocycles. The third-order valence-corrected chi connectivity index (χ3v) is 7.23. The fraction of sp³-hybridized carbons (Fsp3) is 0.565. The maximum atomic E-state index is 13.6. The molecule has 184 valence electrons. The number of carbonyl (C=O) groups is 1. The van der Waals surface area contributed by atoms with E-state index in [9.17, 15) is 19.5 Å². The average molecular weight is 490 g/mol. The largest absolute Gasteiger partial charge is 0.389 e. The van der Waals surface area contributed by atoms with E-state index in [4.69, 9.17) is 4.84 Å². The van der Waals surface area contributed by atoms with Crippen LogP contribution in [-0.2, 0) is 24.9 Å². The van der Waals surface area contributed by atoms with Crippen molar-refractivity contribution in [3.8, 4) is 0 Å². The van der Waals surface area contributed by atoms with Crippen molar-refractivity contribution >= 4 is 27.5 Å². The normalized spacial score (nSPS) is 16.5. The molecule has 2 N–H and O–H groups in total. The van der Waals surface area contributed by atoms with Gasteiger partial charge in [-0.25, -0.2) is 9.86 Å². The van der Waals surface area contributed by atoms with Crippen LogP contribution in [0.15, 0.2) is 9.59 Å². The second-order valence-electron chi connectivity index (χ2n) is 9.59. The molecule has 11 heteroatoms. The second kappa shape index (κ2) is 9.12. The van der Waals surface area contributed by atoms with E-state index in [2.05, 4.69) is 10.2 Å². The number of hydroxylamine groups is 2. The molecule has 0 spiro atoms. The predicted octanol–water partition coefficient (Wildman–Crippen LogP) is 1.91. The summed E-state index contributed by atoms with van der Waals surface area (Å²) < 4.78 is 2.64. The highest BCUT2D eigenvalue weighted by molar-refractivity contribution is 7.19. The van der Waals surface area contributed by atoms with E-state index in [1.807, 2.05) is 34.6 Å². The highest BCUT2D eigenvalue weighted by Gasteiger charge is 2.33. The number of thiophene rings is 1. The molecule has 0 bridgehead atoms. The summed E-state index contributed by atoms with van der Waals surface area (Å²) >= 11 is 1.29. The van der Waals surface area contributed by atoms with Crippen molar-refractivity contribution in [2.24, 2.45) is 13.0 Å². The van der Waals surface area contributed by atoms with Gasteiger partial charge in [-0.1, -0.05) is 27.7 Å². The Morgan fingerprint density at radius 2 is 2.00 bits per heavy atom. The number of aliphatic hydroxyl groups excluding tert-OH is 1.